The molecule has 0 fully saturated rings. The van der Waals surface area contributed by atoms with Crippen LogP contribution in [0.25, 0.3) is 134 Å². The number of dihydropyridines is 1. The van der Waals surface area contributed by atoms with Gasteiger partial charge in [-0.15, -0.1) is 0 Å². The molecule has 10 aromatic carbocycles. The third-order valence-corrected chi connectivity index (χ3v) is 17.5. The monoisotopic (exact) mass is 1190 g/mol. The summed E-state index contributed by atoms with van der Waals surface area (Å²) >= 11 is 0. The molecular weight excluding hydrogens is 1140 g/mol. The number of hydrogen-bond acceptors (Lipinski definition) is 5. The molecule has 1 unspecified atom stereocenters. The highest BCUT2D eigenvalue weighted by molar-refractivity contribution is 6.17. The Bertz CT molecular complexity index is 5350. The third kappa shape index (κ3) is 10.1. The topological polar surface area (TPSA) is 84.7 Å². The summed E-state index contributed by atoms with van der Waals surface area (Å²) in [6.07, 6.45) is 0.407. The van der Waals surface area contributed by atoms with Crippen LogP contribution in [0.1, 0.15) is 34.7 Å². The van der Waals surface area contributed by atoms with Crippen molar-refractivity contribution in [2.75, 3.05) is 0 Å². The summed E-state index contributed by atoms with van der Waals surface area (Å²) in [5.74, 6) is 0. The fourth-order valence-electron chi connectivity index (χ4n) is 13.1. The minimum Gasteiger partial charge on any atom is -0.307 e. The van der Waals surface area contributed by atoms with Crippen molar-refractivity contribution >= 4 is 49.3 Å². The molecule has 0 bridgehead atoms. The number of hydrogen-bond donors (Lipinski definition) is 0. The molecule has 0 N–H and O–H groups in total. The van der Waals surface area contributed by atoms with E-state index in [2.05, 4.69) is 149 Å². The Hall–Kier alpha value is -12.1. The van der Waals surface area contributed by atoms with Crippen LogP contribution in [-0.2, 0) is 6.18 Å². The fourth-order valence-corrected chi connectivity index (χ4v) is 13.1. The van der Waals surface area contributed by atoms with Gasteiger partial charge >= 0.3 is 6.18 Å². The number of nitrogens with zero attached hydrogens (tertiary/aromatic N) is 7. The molecule has 0 amide bonds. The van der Waals surface area contributed by atoms with E-state index in [0.717, 1.165) is 147 Å². The lowest BCUT2D eigenvalue weighted by Gasteiger charge is -2.20. The van der Waals surface area contributed by atoms with Crippen molar-refractivity contribution in [3.8, 4) is 96.1 Å². The zero-order valence-corrected chi connectivity index (χ0v) is 49.3. The average molecular weight is 1190 g/mol. The molecule has 436 valence electrons. The van der Waals surface area contributed by atoms with E-state index in [9.17, 15) is 18.4 Å². The van der Waals surface area contributed by atoms with Gasteiger partial charge in [-0.2, -0.15) is 18.4 Å². The zero-order valence-electron chi connectivity index (χ0n) is 49.3. The lowest BCUT2D eigenvalue weighted by molar-refractivity contribution is -0.137. The number of pyridine rings is 3. The number of rotatable bonds is 11. The normalized spacial score (nSPS) is 13.2. The quantitative estimate of drug-likeness (QED) is 0.129. The summed E-state index contributed by atoms with van der Waals surface area (Å²) in [4.78, 5) is 21.0. The second-order valence-electron chi connectivity index (χ2n) is 23.1. The molecule has 15 aromatic rings. The van der Waals surface area contributed by atoms with Crippen LogP contribution in [0.3, 0.4) is 0 Å². The first-order valence-corrected chi connectivity index (χ1v) is 30.5. The summed E-state index contributed by atoms with van der Waals surface area (Å²) < 4.78 is 48.7. The van der Waals surface area contributed by atoms with Crippen molar-refractivity contribution in [1.82, 2.24) is 24.1 Å². The van der Waals surface area contributed by atoms with Crippen LogP contribution in [0.2, 0.25) is 0 Å². The predicted molar refractivity (Wildman–Crippen MR) is 366 cm³/mol. The van der Waals surface area contributed by atoms with E-state index < -0.39 is 11.7 Å². The fraction of sp³-hybridized carbons (Fsp3) is 0.0366. The molecule has 1 atom stereocenters. The number of benzene rings is 10. The number of nitriles is 1. The van der Waals surface area contributed by atoms with Crippen LogP contribution in [-0.4, -0.2) is 29.8 Å². The van der Waals surface area contributed by atoms with Gasteiger partial charge in [0, 0.05) is 66.1 Å². The summed E-state index contributed by atoms with van der Waals surface area (Å²) in [6, 6.07) is 95.8. The van der Waals surface area contributed by atoms with Gasteiger partial charge in [0.2, 0.25) is 0 Å². The Balaban J connectivity index is 0.972. The van der Waals surface area contributed by atoms with Crippen LogP contribution < -0.4 is 0 Å². The van der Waals surface area contributed by atoms with Crippen molar-refractivity contribution in [3.05, 3.63) is 320 Å². The van der Waals surface area contributed by atoms with E-state index >= 15 is 0 Å². The molecule has 10 heteroatoms. The van der Waals surface area contributed by atoms with Crippen LogP contribution in [0.4, 0.5) is 13.2 Å². The van der Waals surface area contributed by atoms with Gasteiger partial charge in [0.25, 0.3) is 0 Å². The molecule has 6 heterocycles. The first-order valence-electron chi connectivity index (χ1n) is 30.5. The number of aliphatic imine (C=N–C) groups is 1. The zero-order chi connectivity index (χ0) is 61.9. The lowest BCUT2D eigenvalue weighted by Crippen LogP contribution is -2.07. The van der Waals surface area contributed by atoms with Crippen molar-refractivity contribution in [2.45, 2.75) is 18.6 Å². The largest absolute Gasteiger partial charge is 0.416 e. The number of halogens is 3. The van der Waals surface area contributed by atoms with E-state index in [1.165, 1.54) is 6.07 Å². The summed E-state index contributed by atoms with van der Waals surface area (Å²) in [6.45, 7) is 0. The highest BCUT2D eigenvalue weighted by Gasteiger charge is 2.31. The van der Waals surface area contributed by atoms with Crippen LogP contribution in [0.5, 0.6) is 0 Å². The summed E-state index contributed by atoms with van der Waals surface area (Å²) in [5.41, 5.74) is 18.0. The molecule has 16 rings (SSSR count). The van der Waals surface area contributed by atoms with Gasteiger partial charge in [-0.1, -0.05) is 182 Å². The van der Waals surface area contributed by atoms with E-state index in [0.29, 0.717) is 16.9 Å². The van der Waals surface area contributed by atoms with Gasteiger partial charge in [0.15, 0.2) is 0 Å². The van der Waals surface area contributed by atoms with Crippen molar-refractivity contribution in [2.24, 2.45) is 4.99 Å². The van der Waals surface area contributed by atoms with Crippen molar-refractivity contribution in [3.63, 3.8) is 0 Å². The molecular formula is C82H52F3N7. The van der Waals surface area contributed by atoms with Gasteiger partial charge in [-0.25, -0.2) is 15.0 Å². The van der Waals surface area contributed by atoms with Crippen molar-refractivity contribution in [1.29, 1.82) is 5.26 Å². The highest BCUT2D eigenvalue weighted by atomic mass is 19.4. The van der Waals surface area contributed by atoms with Gasteiger partial charge < -0.3 is 9.13 Å². The Morgan fingerprint density at radius 1 is 0.370 bits per heavy atom. The maximum Gasteiger partial charge on any atom is 0.416 e. The molecule has 1 aliphatic heterocycles. The van der Waals surface area contributed by atoms with Gasteiger partial charge in [0.1, 0.15) is 0 Å². The molecule has 0 aliphatic carbocycles. The van der Waals surface area contributed by atoms with Gasteiger partial charge in [-0.3, -0.25) is 4.99 Å². The Morgan fingerprint density at radius 2 is 0.750 bits per heavy atom. The number of alkyl halides is 3. The van der Waals surface area contributed by atoms with Crippen LogP contribution >= 0.6 is 0 Å². The molecule has 0 radical (unpaired) electrons. The smallest absolute Gasteiger partial charge is 0.307 e. The average Bonchev–Trinajstić information content (AvgIpc) is 1.55. The minimum absolute atomic E-state index is 0.0666. The number of fused-ring (bicyclic) bond motifs is 6. The molecule has 1 aliphatic rings. The molecule has 0 spiro atoms. The molecule has 92 heavy (non-hydrogen) atoms. The van der Waals surface area contributed by atoms with Gasteiger partial charge in [0.05, 0.1) is 96.6 Å². The minimum atomic E-state index is -4.64. The predicted octanol–water partition coefficient (Wildman–Crippen LogP) is 21.1. The Labute approximate surface area is 528 Å². The number of allylic oxidation sites excluding steroid dienone is 1. The Kier molecular flexibility index (Phi) is 13.7. The molecule has 5 aromatic heterocycles. The SMILES string of the molecule is N#Cc1cc(-n2c3ccc(-c4cccc(-c5ccccc5)n4)cc3c3cc(-c4cccc(-c5ccccc5)n4)ccc32)c(-n2c3ccc(C4=NC(c5ccccc5)CC=C4)cc3c3cc(-c4cccc(-c5ccccc5)n4)ccc32)cc1-c1cccc(C(F)(F)F)c1. The standard InChI is InChI=1S/C82H52F3N7/c83-82(84,85)62-27-13-26-56(44-62)63-50-81(92-78-42-38-59(74-34-16-30-70(89-74)54-22-9-3-10-23-54)47-66(78)67-48-60(39-43-79(67)92)75-35-17-31-71(90-75)55-24-11-4-12-25-55)80(49-61(63)51-86)91-76-40-36-57(72-32-14-28-68(87-72)52-18-5-1-6-19-52)45-64(76)65-46-58(37-41-77(65)91)73-33-15-29-69(88-73)53-20-7-2-8-21-53/h1-30,32-50,71H,31H2. The maximum absolute atomic E-state index is 14.8. The second-order valence-corrected chi connectivity index (χ2v) is 23.1. The van der Waals surface area contributed by atoms with Crippen LogP contribution in [0, 0.1) is 11.3 Å². The summed E-state index contributed by atoms with van der Waals surface area (Å²) in [7, 11) is 0. The first kappa shape index (κ1) is 55.3. The van der Waals surface area contributed by atoms with E-state index in [-0.39, 0.29) is 17.2 Å². The highest BCUT2D eigenvalue weighted by Crippen LogP contribution is 2.45. The first-order chi connectivity index (χ1) is 45.2. The number of aromatic nitrogens is 5. The molecule has 0 saturated heterocycles. The van der Waals surface area contributed by atoms with Gasteiger partial charge in [-0.05, 0) is 133 Å². The molecule has 7 nitrogen and oxygen atoms in total. The van der Waals surface area contributed by atoms with E-state index in [4.69, 9.17) is 19.9 Å². The van der Waals surface area contributed by atoms with Crippen molar-refractivity contribution < 1.29 is 13.2 Å². The maximum atomic E-state index is 14.8. The molecule has 0 saturated carbocycles. The van der Waals surface area contributed by atoms with E-state index in [1.54, 1.807) is 6.07 Å². The second kappa shape index (κ2) is 22.8. The summed E-state index contributed by atoms with van der Waals surface area (Å²) in [5, 5.41) is 15.1. The van der Waals surface area contributed by atoms with E-state index in [1.807, 2.05) is 140 Å². The van der Waals surface area contributed by atoms with Crippen LogP contribution in [0.15, 0.2) is 302 Å². The Morgan fingerprint density at radius 3 is 1.18 bits per heavy atom. The third-order valence-electron chi connectivity index (χ3n) is 17.5. The lowest BCUT2D eigenvalue weighted by atomic mass is 9.96.